The molecule has 2 rings (SSSR count). The molecule has 0 fully saturated rings. The van der Waals surface area contributed by atoms with Gasteiger partial charge >= 0.3 is 0 Å². The molecule has 2 aromatic rings. The third-order valence-electron chi connectivity index (χ3n) is 3.74. The molecule has 0 aliphatic rings. The van der Waals surface area contributed by atoms with Crippen molar-refractivity contribution in [1.29, 1.82) is 0 Å². The Hall–Kier alpha value is -2.50. The zero-order chi connectivity index (χ0) is 16.8. The number of rotatable bonds is 7. The van der Waals surface area contributed by atoms with Crippen LogP contribution in [-0.2, 0) is 11.3 Å². The molecule has 6 nitrogen and oxygen atoms in total. The van der Waals surface area contributed by atoms with E-state index in [2.05, 4.69) is 5.10 Å². The lowest BCUT2D eigenvalue weighted by atomic mass is 10.1. The molecule has 1 heterocycles. The van der Waals surface area contributed by atoms with Gasteiger partial charge in [-0.15, -0.1) is 0 Å². The number of ether oxygens (including phenoxy) is 2. The Bertz CT molecular complexity index is 641. The molecular weight excluding hydrogens is 294 g/mol. The van der Waals surface area contributed by atoms with Crippen molar-refractivity contribution < 1.29 is 14.3 Å². The first-order valence-corrected chi connectivity index (χ1v) is 7.49. The Kier molecular flexibility index (Phi) is 5.62. The van der Waals surface area contributed by atoms with E-state index in [1.54, 1.807) is 37.0 Å². The van der Waals surface area contributed by atoms with E-state index in [1.165, 1.54) is 0 Å². The second-order valence-electron chi connectivity index (χ2n) is 5.48. The standard InChI is InChI=1S/C17H23N3O3/c1-13(20-9-5-8-18-20)10-17(21)19(2)12-14-6-7-15(22-3)16(11-14)23-4/h5-9,11,13H,10,12H2,1-4H3/t13-/m1/s1. The maximum atomic E-state index is 12.4. The Balaban J connectivity index is 1.98. The minimum Gasteiger partial charge on any atom is -0.493 e. The molecule has 0 spiro atoms. The Morgan fingerprint density at radius 2 is 2.04 bits per heavy atom. The van der Waals surface area contributed by atoms with Crippen LogP contribution in [0.2, 0.25) is 0 Å². The Labute approximate surface area is 136 Å². The summed E-state index contributed by atoms with van der Waals surface area (Å²) in [7, 11) is 5.00. The number of nitrogens with zero attached hydrogens (tertiary/aromatic N) is 3. The van der Waals surface area contributed by atoms with Crippen LogP contribution in [0.15, 0.2) is 36.7 Å². The van der Waals surface area contributed by atoms with Gasteiger partial charge in [0.25, 0.3) is 0 Å². The van der Waals surface area contributed by atoms with E-state index >= 15 is 0 Å². The van der Waals surface area contributed by atoms with Gasteiger partial charge in [-0.3, -0.25) is 9.48 Å². The highest BCUT2D eigenvalue weighted by Gasteiger charge is 2.16. The van der Waals surface area contributed by atoms with Gasteiger partial charge in [-0.05, 0) is 30.7 Å². The molecule has 6 heteroatoms. The van der Waals surface area contributed by atoms with Gasteiger partial charge in [0.2, 0.25) is 5.91 Å². The summed E-state index contributed by atoms with van der Waals surface area (Å²) in [5.74, 6) is 1.41. The summed E-state index contributed by atoms with van der Waals surface area (Å²) in [5.41, 5.74) is 0.991. The van der Waals surface area contributed by atoms with Crippen LogP contribution in [0, 0.1) is 0 Å². The van der Waals surface area contributed by atoms with E-state index in [1.807, 2.05) is 37.4 Å². The lowest BCUT2D eigenvalue weighted by Gasteiger charge is -2.20. The van der Waals surface area contributed by atoms with E-state index in [0.717, 1.165) is 5.56 Å². The first-order chi connectivity index (χ1) is 11.0. The summed E-state index contributed by atoms with van der Waals surface area (Å²) in [5, 5.41) is 4.17. The molecule has 1 aromatic heterocycles. The molecule has 23 heavy (non-hydrogen) atoms. The first kappa shape index (κ1) is 16.9. The van der Waals surface area contributed by atoms with E-state index in [0.29, 0.717) is 24.5 Å². The van der Waals surface area contributed by atoms with Gasteiger partial charge in [0, 0.05) is 32.4 Å². The molecule has 0 aliphatic heterocycles. The second kappa shape index (κ2) is 7.67. The van der Waals surface area contributed by atoms with Gasteiger partial charge in [0.05, 0.1) is 20.3 Å². The predicted octanol–water partition coefficient (Wildman–Crippen LogP) is 2.51. The van der Waals surface area contributed by atoms with Crippen LogP contribution in [0.25, 0.3) is 0 Å². The van der Waals surface area contributed by atoms with Crippen molar-refractivity contribution in [2.24, 2.45) is 0 Å². The van der Waals surface area contributed by atoms with Crippen LogP contribution in [-0.4, -0.2) is 41.9 Å². The van der Waals surface area contributed by atoms with E-state index < -0.39 is 0 Å². The number of methoxy groups -OCH3 is 2. The summed E-state index contributed by atoms with van der Waals surface area (Å²) in [6.45, 7) is 2.50. The fourth-order valence-corrected chi connectivity index (χ4v) is 2.38. The van der Waals surface area contributed by atoms with Crippen LogP contribution in [0.4, 0.5) is 0 Å². The quantitative estimate of drug-likeness (QED) is 0.787. The smallest absolute Gasteiger partial charge is 0.224 e. The summed E-state index contributed by atoms with van der Waals surface area (Å²) in [6.07, 6.45) is 3.99. The summed E-state index contributed by atoms with van der Waals surface area (Å²) < 4.78 is 12.3. The molecule has 0 saturated heterocycles. The van der Waals surface area contributed by atoms with Crippen LogP contribution in [0.3, 0.4) is 0 Å². The Morgan fingerprint density at radius 3 is 2.65 bits per heavy atom. The molecule has 1 amide bonds. The molecule has 0 unspecified atom stereocenters. The lowest BCUT2D eigenvalue weighted by Crippen LogP contribution is -2.28. The van der Waals surface area contributed by atoms with Crippen molar-refractivity contribution in [3.05, 3.63) is 42.2 Å². The van der Waals surface area contributed by atoms with Crippen molar-refractivity contribution in [1.82, 2.24) is 14.7 Å². The van der Waals surface area contributed by atoms with Gasteiger partial charge in [-0.1, -0.05) is 6.07 Å². The summed E-state index contributed by atoms with van der Waals surface area (Å²) in [6, 6.07) is 7.56. The fraction of sp³-hybridized carbons (Fsp3) is 0.412. The van der Waals surface area contributed by atoms with Gasteiger partial charge in [-0.2, -0.15) is 5.10 Å². The van der Waals surface area contributed by atoms with E-state index in [4.69, 9.17) is 9.47 Å². The van der Waals surface area contributed by atoms with E-state index in [9.17, 15) is 4.79 Å². The number of hydrogen-bond acceptors (Lipinski definition) is 4. The molecule has 0 radical (unpaired) electrons. The van der Waals surface area contributed by atoms with Crippen molar-refractivity contribution >= 4 is 5.91 Å². The summed E-state index contributed by atoms with van der Waals surface area (Å²) in [4.78, 5) is 14.1. The minimum absolute atomic E-state index is 0.0327. The number of hydrogen-bond donors (Lipinski definition) is 0. The molecule has 124 valence electrons. The molecule has 0 aliphatic carbocycles. The van der Waals surface area contributed by atoms with Crippen molar-refractivity contribution in [2.45, 2.75) is 25.9 Å². The SMILES string of the molecule is COc1ccc(CN(C)C(=O)C[C@@H](C)n2cccn2)cc1OC. The van der Waals surface area contributed by atoms with Crippen molar-refractivity contribution in [2.75, 3.05) is 21.3 Å². The van der Waals surface area contributed by atoms with Gasteiger partial charge in [0.1, 0.15) is 0 Å². The normalized spacial score (nSPS) is 11.8. The highest BCUT2D eigenvalue weighted by atomic mass is 16.5. The Morgan fingerprint density at radius 1 is 1.30 bits per heavy atom. The number of benzene rings is 1. The number of amides is 1. The van der Waals surface area contributed by atoms with Crippen LogP contribution in [0.1, 0.15) is 24.9 Å². The molecular formula is C17H23N3O3. The monoisotopic (exact) mass is 317 g/mol. The second-order valence-corrected chi connectivity index (χ2v) is 5.48. The van der Waals surface area contributed by atoms with Crippen molar-refractivity contribution in [3.8, 4) is 11.5 Å². The highest BCUT2D eigenvalue weighted by molar-refractivity contribution is 5.76. The summed E-state index contributed by atoms with van der Waals surface area (Å²) >= 11 is 0. The molecule has 0 bridgehead atoms. The van der Waals surface area contributed by atoms with Crippen molar-refractivity contribution in [3.63, 3.8) is 0 Å². The minimum atomic E-state index is 0.0327. The lowest BCUT2D eigenvalue weighted by molar-refractivity contribution is -0.131. The molecule has 0 N–H and O–H groups in total. The van der Waals surface area contributed by atoms with Gasteiger partial charge < -0.3 is 14.4 Å². The zero-order valence-electron chi connectivity index (χ0n) is 14.0. The van der Waals surface area contributed by atoms with Gasteiger partial charge in [0.15, 0.2) is 11.5 Å². The van der Waals surface area contributed by atoms with Crippen LogP contribution >= 0.6 is 0 Å². The van der Waals surface area contributed by atoms with Gasteiger partial charge in [-0.25, -0.2) is 0 Å². The fourth-order valence-electron chi connectivity index (χ4n) is 2.38. The van der Waals surface area contributed by atoms with Crippen LogP contribution in [0.5, 0.6) is 11.5 Å². The molecule has 1 aromatic carbocycles. The third-order valence-corrected chi connectivity index (χ3v) is 3.74. The average Bonchev–Trinajstić information content (AvgIpc) is 3.09. The van der Waals surface area contributed by atoms with E-state index in [-0.39, 0.29) is 11.9 Å². The first-order valence-electron chi connectivity index (χ1n) is 7.49. The number of aromatic nitrogens is 2. The average molecular weight is 317 g/mol. The zero-order valence-corrected chi connectivity index (χ0v) is 14.0. The predicted molar refractivity (Wildman–Crippen MR) is 87.6 cm³/mol. The largest absolute Gasteiger partial charge is 0.493 e. The number of carbonyl (C=O) groups is 1. The number of carbonyl (C=O) groups excluding carboxylic acids is 1. The maximum absolute atomic E-state index is 12.4. The maximum Gasteiger partial charge on any atom is 0.224 e. The highest BCUT2D eigenvalue weighted by Crippen LogP contribution is 2.28. The molecule has 1 atom stereocenters. The topological polar surface area (TPSA) is 56.6 Å². The third kappa shape index (κ3) is 4.25. The molecule has 0 saturated carbocycles. The van der Waals surface area contributed by atoms with Crippen LogP contribution < -0.4 is 9.47 Å².